The fraction of sp³-hybridized carbons (Fsp3) is 0.182. The molecule has 1 aromatic heterocycles. The molecule has 0 spiro atoms. The van der Waals surface area contributed by atoms with Gasteiger partial charge in [-0.25, -0.2) is 0 Å². The molecule has 1 fully saturated rings. The second kappa shape index (κ2) is 8.41. The van der Waals surface area contributed by atoms with Crippen LogP contribution in [0.25, 0.3) is 17.0 Å². The molecule has 0 bridgehead atoms. The Morgan fingerprint density at radius 2 is 1.93 bits per heavy atom. The van der Waals surface area contributed by atoms with Gasteiger partial charge in [-0.3, -0.25) is 9.69 Å². The molecule has 0 radical (unpaired) electrons. The Kier molecular flexibility index (Phi) is 5.86. The maximum Gasteiger partial charge on any atom is 0.276 e. The summed E-state index contributed by atoms with van der Waals surface area (Å²) in [4.78, 5) is 15.8. The Labute approximate surface area is 193 Å². The molecule has 0 unspecified atom stereocenters. The molecule has 1 saturated heterocycles. The summed E-state index contributed by atoms with van der Waals surface area (Å²) in [5.74, 6) is 0.552. The Morgan fingerprint density at radius 1 is 1.17 bits per heavy atom. The molecule has 154 valence electrons. The number of nitrogens with zero attached hydrogens (tertiary/aromatic N) is 3. The van der Waals surface area contributed by atoms with Crippen LogP contribution in [-0.2, 0) is 11.3 Å². The number of halogens is 2. The molecule has 0 atom stereocenters. The van der Waals surface area contributed by atoms with Gasteiger partial charge in [0.05, 0.1) is 11.6 Å². The number of ether oxygens (including phenoxy) is 1. The lowest BCUT2D eigenvalue weighted by Gasteiger charge is -2.10. The molecule has 1 aliphatic rings. The van der Waals surface area contributed by atoms with E-state index in [0.717, 1.165) is 20.9 Å². The molecule has 2 heterocycles. The summed E-state index contributed by atoms with van der Waals surface area (Å²) in [6.45, 7) is 1.10. The van der Waals surface area contributed by atoms with Gasteiger partial charge in [-0.05, 0) is 48.6 Å². The Bertz CT molecular complexity index is 1190. The van der Waals surface area contributed by atoms with Crippen LogP contribution in [0, 0.1) is 0 Å². The number of amides is 1. The summed E-state index contributed by atoms with van der Waals surface area (Å²) < 4.78 is 8.94. The lowest BCUT2D eigenvalue weighted by atomic mass is 10.1. The van der Waals surface area contributed by atoms with Crippen LogP contribution in [0.3, 0.4) is 0 Å². The third-order valence-electron chi connectivity index (χ3n) is 5.05. The average molecular weight is 505 g/mol. The quantitative estimate of drug-likeness (QED) is 0.355. The van der Waals surface area contributed by atoms with E-state index in [1.54, 1.807) is 18.0 Å². The number of benzene rings is 2. The van der Waals surface area contributed by atoms with Crippen LogP contribution in [-0.4, -0.2) is 46.1 Å². The fourth-order valence-corrected chi connectivity index (χ4v) is 4.18. The van der Waals surface area contributed by atoms with Crippen LogP contribution in [0.4, 0.5) is 0 Å². The summed E-state index contributed by atoms with van der Waals surface area (Å²) in [7, 11) is 3.50. The van der Waals surface area contributed by atoms with E-state index in [2.05, 4.69) is 26.6 Å². The molecular formula is C22H19BrClN3O2S. The van der Waals surface area contributed by atoms with Gasteiger partial charge in [0.2, 0.25) is 0 Å². The third kappa shape index (κ3) is 3.85. The van der Waals surface area contributed by atoms with Crippen molar-refractivity contribution in [3.63, 3.8) is 0 Å². The molecule has 3 aromatic rings. The number of hydrogen-bond donors (Lipinski definition) is 0. The zero-order valence-corrected chi connectivity index (χ0v) is 19.6. The predicted octanol–water partition coefficient (Wildman–Crippen LogP) is 5.17. The first kappa shape index (κ1) is 20.9. The first-order chi connectivity index (χ1) is 14.4. The summed E-state index contributed by atoms with van der Waals surface area (Å²) in [6.07, 6.45) is 3.92. The summed E-state index contributed by atoms with van der Waals surface area (Å²) in [6, 6.07) is 13.5. The van der Waals surface area contributed by atoms with E-state index in [-0.39, 0.29) is 5.91 Å². The lowest BCUT2D eigenvalue weighted by molar-refractivity contribution is -0.121. The number of carbonyl (C=O) groups excluding carboxylic acids is 1. The van der Waals surface area contributed by atoms with Gasteiger partial charge in [-0.1, -0.05) is 39.7 Å². The number of thiocarbonyl (C=S) groups is 1. The van der Waals surface area contributed by atoms with Gasteiger partial charge in [0.25, 0.3) is 5.91 Å². The highest BCUT2D eigenvalue weighted by molar-refractivity contribution is 9.10. The third-order valence-corrected chi connectivity index (χ3v) is 6.40. The second-order valence-corrected chi connectivity index (χ2v) is 8.64. The van der Waals surface area contributed by atoms with Gasteiger partial charge in [-0.2, -0.15) is 0 Å². The number of para-hydroxylation sites is 1. The molecule has 30 heavy (non-hydrogen) atoms. The number of rotatable bonds is 5. The van der Waals surface area contributed by atoms with Crippen molar-refractivity contribution in [2.24, 2.45) is 0 Å². The zero-order valence-electron chi connectivity index (χ0n) is 16.4. The first-order valence-corrected chi connectivity index (χ1v) is 10.9. The molecular weight excluding hydrogens is 486 g/mol. The van der Waals surface area contributed by atoms with Crippen LogP contribution in [0.15, 0.2) is 58.8 Å². The lowest BCUT2D eigenvalue weighted by Crippen LogP contribution is -2.26. The highest BCUT2D eigenvalue weighted by Gasteiger charge is 2.33. The SMILES string of the molecule is CN1C(=O)/C(=C/c2cn(CCOc3ccccc3Cl)c3ccc(Br)cc23)N(C)C1=S. The number of fused-ring (bicyclic) bond motifs is 1. The summed E-state index contributed by atoms with van der Waals surface area (Å²) in [5.41, 5.74) is 2.54. The van der Waals surface area contributed by atoms with Gasteiger partial charge in [-0.15, -0.1) is 0 Å². The van der Waals surface area contributed by atoms with Crippen molar-refractivity contribution in [3.8, 4) is 5.75 Å². The molecule has 1 amide bonds. The Morgan fingerprint density at radius 3 is 2.63 bits per heavy atom. The molecule has 5 nitrogen and oxygen atoms in total. The molecule has 1 aliphatic heterocycles. The second-order valence-electron chi connectivity index (χ2n) is 6.95. The minimum absolute atomic E-state index is 0.111. The zero-order chi connectivity index (χ0) is 21.4. The summed E-state index contributed by atoms with van der Waals surface area (Å²) in [5, 5.41) is 2.12. The van der Waals surface area contributed by atoms with Gasteiger partial charge >= 0.3 is 0 Å². The van der Waals surface area contributed by atoms with E-state index >= 15 is 0 Å². The van der Waals surface area contributed by atoms with Gasteiger partial charge in [0, 0.05) is 41.2 Å². The average Bonchev–Trinajstić information content (AvgIpc) is 3.15. The van der Waals surface area contributed by atoms with Crippen molar-refractivity contribution in [2.45, 2.75) is 6.54 Å². The highest BCUT2D eigenvalue weighted by Crippen LogP contribution is 2.29. The Hall–Kier alpha value is -2.35. The minimum atomic E-state index is -0.111. The van der Waals surface area contributed by atoms with Crippen molar-refractivity contribution in [1.29, 1.82) is 0 Å². The number of hydrogen-bond acceptors (Lipinski definition) is 3. The van der Waals surface area contributed by atoms with Gasteiger partial charge < -0.3 is 14.2 Å². The first-order valence-electron chi connectivity index (χ1n) is 9.30. The van der Waals surface area contributed by atoms with Crippen LogP contribution in [0.2, 0.25) is 5.02 Å². The van der Waals surface area contributed by atoms with Crippen LogP contribution in [0.1, 0.15) is 5.56 Å². The Balaban J connectivity index is 1.66. The van der Waals surface area contributed by atoms with Gasteiger partial charge in [0.15, 0.2) is 5.11 Å². The van der Waals surface area contributed by atoms with E-state index in [1.807, 2.05) is 49.7 Å². The van der Waals surface area contributed by atoms with Crippen LogP contribution in [0.5, 0.6) is 5.75 Å². The van der Waals surface area contributed by atoms with E-state index < -0.39 is 0 Å². The van der Waals surface area contributed by atoms with Crippen molar-refractivity contribution in [1.82, 2.24) is 14.4 Å². The van der Waals surface area contributed by atoms with E-state index in [0.29, 0.717) is 34.7 Å². The highest BCUT2D eigenvalue weighted by atomic mass is 79.9. The van der Waals surface area contributed by atoms with Crippen molar-refractivity contribution < 1.29 is 9.53 Å². The van der Waals surface area contributed by atoms with E-state index in [1.165, 1.54) is 4.90 Å². The standard InChI is InChI=1S/C22H19BrClN3O2S/c1-25-19(21(28)26(2)22(25)30)11-14-13-27(18-8-7-15(23)12-16(14)18)9-10-29-20-6-4-3-5-17(20)24/h3-8,11-13H,9-10H2,1-2H3/b19-11-. The van der Waals surface area contributed by atoms with Crippen LogP contribution < -0.4 is 4.74 Å². The predicted molar refractivity (Wildman–Crippen MR) is 128 cm³/mol. The largest absolute Gasteiger partial charge is 0.490 e. The monoisotopic (exact) mass is 503 g/mol. The number of carbonyl (C=O) groups is 1. The molecule has 0 N–H and O–H groups in total. The summed E-state index contributed by atoms with van der Waals surface area (Å²) >= 11 is 15.0. The molecule has 4 rings (SSSR count). The molecule has 8 heteroatoms. The molecule has 0 aliphatic carbocycles. The van der Waals surface area contributed by atoms with Crippen molar-refractivity contribution in [2.75, 3.05) is 20.7 Å². The normalized spacial score (nSPS) is 15.7. The van der Waals surface area contributed by atoms with Crippen molar-refractivity contribution >= 4 is 67.7 Å². The van der Waals surface area contributed by atoms with Crippen LogP contribution >= 0.6 is 39.7 Å². The van der Waals surface area contributed by atoms with E-state index in [4.69, 9.17) is 28.6 Å². The minimum Gasteiger partial charge on any atom is -0.490 e. The van der Waals surface area contributed by atoms with Crippen molar-refractivity contribution in [3.05, 3.63) is 69.4 Å². The molecule has 2 aromatic carbocycles. The number of likely N-dealkylation sites (N-methyl/N-ethyl adjacent to an activating group) is 2. The maximum atomic E-state index is 12.6. The number of aromatic nitrogens is 1. The van der Waals surface area contributed by atoms with Gasteiger partial charge in [0.1, 0.15) is 18.1 Å². The molecule has 0 saturated carbocycles. The maximum absolute atomic E-state index is 12.6. The topological polar surface area (TPSA) is 37.7 Å². The smallest absolute Gasteiger partial charge is 0.276 e. The fourth-order valence-electron chi connectivity index (χ4n) is 3.45. The van der Waals surface area contributed by atoms with E-state index in [9.17, 15) is 4.79 Å².